The van der Waals surface area contributed by atoms with Crippen LogP contribution in [0, 0.1) is 13.3 Å². The maximum absolute atomic E-state index is 4.29. The van der Waals surface area contributed by atoms with E-state index in [9.17, 15) is 0 Å². The van der Waals surface area contributed by atoms with Crippen molar-refractivity contribution in [1.82, 2.24) is 4.98 Å². The zero-order chi connectivity index (χ0) is 11.2. The second kappa shape index (κ2) is 5.45. The van der Waals surface area contributed by atoms with Crippen LogP contribution in [0.3, 0.4) is 0 Å². The highest BCUT2D eigenvalue weighted by molar-refractivity contribution is 5.22. The van der Waals surface area contributed by atoms with Gasteiger partial charge in [0.05, 0.1) is 0 Å². The molecule has 0 aliphatic carbocycles. The summed E-state index contributed by atoms with van der Waals surface area (Å²) >= 11 is 0. The average Bonchev–Trinajstić information content (AvgIpc) is 2.33. The summed E-state index contributed by atoms with van der Waals surface area (Å²) in [5.74, 6) is 0. The zero-order valence-electron chi connectivity index (χ0n) is 9.56. The normalized spacial score (nSPS) is 10.3. The molecule has 0 saturated carbocycles. The van der Waals surface area contributed by atoms with Gasteiger partial charge in [0, 0.05) is 11.9 Å². The van der Waals surface area contributed by atoms with Crippen LogP contribution in [-0.4, -0.2) is 4.98 Å². The van der Waals surface area contributed by atoms with Crippen LogP contribution in [0.5, 0.6) is 0 Å². The summed E-state index contributed by atoms with van der Waals surface area (Å²) in [5.41, 5.74) is 3.81. The van der Waals surface area contributed by atoms with Crippen molar-refractivity contribution in [3.63, 3.8) is 0 Å². The van der Waals surface area contributed by atoms with E-state index in [1.165, 1.54) is 11.1 Å². The standard InChI is InChI=1S/C15H16N/c1-13-8-10-14(11-9-13)5-4-7-15-6-2-3-12-16-15/h2-4,6,8-12H,5,7H2,1H3. The number of aryl methyl sites for hydroxylation is 1. The van der Waals surface area contributed by atoms with Crippen molar-refractivity contribution in [3.05, 3.63) is 71.9 Å². The first kappa shape index (κ1) is 10.9. The van der Waals surface area contributed by atoms with E-state index in [1.807, 2.05) is 18.3 Å². The summed E-state index contributed by atoms with van der Waals surface area (Å²) in [6, 6.07) is 14.7. The summed E-state index contributed by atoms with van der Waals surface area (Å²) in [7, 11) is 0. The molecule has 1 aromatic heterocycles. The number of pyridine rings is 1. The molecule has 1 heterocycles. The molecule has 1 aromatic carbocycles. The lowest BCUT2D eigenvalue weighted by Crippen LogP contribution is -1.93. The largest absolute Gasteiger partial charge is 0.261 e. The van der Waals surface area contributed by atoms with Crippen molar-refractivity contribution >= 4 is 0 Å². The molecule has 1 nitrogen and oxygen atoms in total. The minimum absolute atomic E-state index is 0.939. The Morgan fingerprint density at radius 1 is 1.00 bits per heavy atom. The zero-order valence-corrected chi connectivity index (χ0v) is 9.56. The van der Waals surface area contributed by atoms with Gasteiger partial charge < -0.3 is 0 Å². The van der Waals surface area contributed by atoms with E-state index in [-0.39, 0.29) is 0 Å². The van der Waals surface area contributed by atoms with Gasteiger partial charge in [-0.25, -0.2) is 0 Å². The van der Waals surface area contributed by atoms with E-state index in [4.69, 9.17) is 0 Å². The van der Waals surface area contributed by atoms with Crippen molar-refractivity contribution < 1.29 is 0 Å². The second-order valence-corrected chi connectivity index (χ2v) is 4.00. The van der Waals surface area contributed by atoms with Crippen molar-refractivity contribution in [2.45, 2.75) is 19.8 Å². The van der Waals surface area contributed by atoms with Gasteiger partial charge in [0.15, 0.2) is 0 Å². The molecule has 0 spiro atoms. The Balaban J connectivity index is 1.82. The molecule has 0 saturated heterocycles. The number of hydrogen-bond donors (Lipinski definition) is 0. The predicted molar refractivity (Wildman–Crippen MR) is 67.1 cm³/mol. The SMILES string of the molecule is Cc1ccc(C[CH]Cc2ccccn2)cc1. The molecule has 0 aliphatic rings. The van der Waals surface area contributed by atoms with Crippen LogP contribution in [0.2, 0.25) is 0 Å². The molecule has 1 heteroatoms. The minimum Gasteiger partial charge on any atom is -0.261 e. The molecule has 0 atom stereocenters. The maximum atomic E-state index is 4.29. The van der Waals surface area contributed by atoms with Crippen LogP contribution in [-0.2, 0) is 12.8 Å². The molecule has 2 aromatic rings. The van der Waals surface area contributed by atoms with Gasteiger partial charge in [0.25, 0.3) is 0 Å². The van der Waals surface area contributed by atoms with Crippen LogP contribution >= 0.6 is 0 Å². The quantitative estimate of drug-likeness (QED) is 0.754. The Hall–Kier alpha value is -1.63. The fraction of sp³-hybridized carbons (Fsp3) is 0.200. The van der Waals surface area contributed by atoms with Gasteiger partial charge in [0.2, 0.25) is 0 Å². The lowest BCUT2D eigenvalue weighted by molar-refractivity contribution is 0.980. The third kappa shape index (κ3) is 3.20. The average molecular weight is 210 g/mol. The molecule has 0 fully saturated rings. The van der Waals surface area contributed by atoms with Gasteiger partial charge >= 0.3 is 0 Å². The van der Waals surface area contributed by atoms with E-state index >= 15 is 0 Å². The minimum atomic E-state index is 0.939. The monoisotopic (exact) mass is 210 g/mol. The van der Waals surface area contributed by atoms with Gasteiger partial charge in [-0.15, -0.1) is 0 Å². The summed E-state index contributed by atoms with van der Waals surface area (Å²) in [5, 5.41) is 0. The van der Waals surface area contributed by atoms with Gasteiger partial charge in [-0.1, -0.05) is 35.9 Å². The molecule has 81 valence electrons. The number of aromatic nitrogens is 1. The number of hydrogen-bond acceptors (Lipinski definition) is 1. The van der Waals surface area contributed by atoms with Gasteiger partial charge in [-0.3, -0.25) is 4.98 Å². The van der Waals surface area contributed by atoms with Crippen LogP contribution < -0.4 is 0 Å². The van der Waals surface area contributed by atoms with Crippen LogP contribution in [0.1, 0.15) is 16.8 Å². The van der Waals surface area contributed by atoms with E-state index in [0.717, 1.165) is 18.5 Å². The van der Waals surface area contributed by atoms with Crippen molar-refractivity contribution in [3.8, 4) is 0 Å². The van der Waals surface area contributed by atoms with Crippen molar-refractivity contribution in [1.29, 1.82) is 0 Å². The summed E-state index contributed by atoms with van der Waals surface area (Å²) in [6.45, 7) is 2.11. The van der Waals surface area contributed by atoms with E-state index in [2.05, 4.69) is 48.7 Å². The molecule has 0 unspecified atom stereocenters. The molecule has 16 heavy (non-hydrogen) atoms. The van der Waals surface area contributed by atoms with Crippen LogP contribution in [0.15, 0.2) is 48.7 Å². The molecule has 1 radical (unpaired) electrons. The Bertz CT molecular complexity index is 417. The first-order valence-electron chi connectivity index (χ1n) is 5.62. The fourth-order valence-electron chi connectivity index (χ4n) is 1.63. The smallest absolute Gasteiger partial charge is 0.0406 e. The Kier molecular flexibility index (Phi) is 3.71. The third-order valence-corrected chi connectivity index (χ3v) is 2.58. The third-order valence-electron chi connectivity index (χ3n) is 2.58. The number of benzene rings is 1. The van der Waals surface area contributed by atoms with Crippen molar-refractivity contribution in [2.24, 2.45) is 0 Å². The lowest BCUT2D eigenvalue weighted by atomic mass is 10.1. The molecule has 0 amide bonds. The van der Waals surface area contributed by atoms with E-state index < -0.39 is 0 Å². The first-order chi connectivity index (χ1) is 7.84. The molecular weight excluding hydrogens is 194 g/mol. The van der Waals surface area contributed by atoms with Gasteiger partial charge in [0.1, 0.15) is 0 Å². The number of rotatable bonds is 4. The van der Waals surface area contributed by atoms with Crippen LogP contribution in [0.25, 0.3) is 0 Å². The molecule has 2 rings (SSSR count). The highest BCUT2D eigenvalue weighted by Gasteiger charge is 1.96. The van der Waals surface area contributed by atoms with Crippen molar-refractivity contribution in [2.75, 3.05) is 0 Å². The Morgan fingerprint density at radius 2 is 1.81 bits per heavy atom. The predicted octanol–water partition coefficient (Wildman–Crippen LogP) is 3.38. The van der Waals surface area contributed by atoms with Gasteiger partial charge in [-0.2, -0.15) is 0 Å². The molecule has 0 bridgehead atoms. The molecule has 0 N–H and O–H groups in total. The molecular formula is C15H16N. The summed E-state index contributed by atoms with van der Waals surface area (Å²) in [4.78, 5) is 4.29. The van der Waals surface area contributed by atoms with Crippen LogP contribution in [0.4, 0.5) is 0 Å². The summed E-state index contributed by atoms with van der Waals surface area (Å²) < 4.78 is 0. The maximum Gasteiger partial charge on any atom is 0.0406 e. The first-order valence-corrected chi connectivity index (χ1v) is 5.62. The van der Waals surface area contributed by atoms with E-state index in [0.29, 0.717) is 0 Å². The number of nitrogens with zero attached hydrogens (tertiary/aromatic N) is 1. The highest BCUT2D eigenvalue weighted by atomic mass is 14.7. The van der Waals surface area contributed by atoms with Gasteiger partial charge in [-0.05, 0) is 43.9 Å². The Labute approximate surface area is 97.2 Å². The second-order valence-electron chi connectivity index (χ2n) is 4.00. The lowest BCUT2D eigenvalue weighted by Gasteiger charge is -2.01. The fourth-order valence-corrected chi connectivity index (χ4v) is 1.63. The van der Waals surface area contributed by atoms with E-state index in [1.54, 1.807) is 0 Å². The Morgan fingerprint density at radius 3 is 2.50 bits per heavy atom. The summed E-state index contributed by atoms with van der Waals surface area (Å²) in [6.07, 6.45) is 6.06. The highest BCUT2D eigenvalue weighted by Crippen LogP contribution is 2.07. The topological polar surface area (TPSA) is 12.9 Å². The molecule has 0 aliphatic heterocycles.